The second-order valence-corrected chi connectivity index (χ2v) is 13.4. The van der Waals surface area contributed by atoms with E-state index >= 15 is 0 Å². The van der Waals surface area contributed by atoms with Gasteiger partial charge in [-0.25, -0.2) is 4.85 Å². The second kappa shape index (κ2) is 14.1. The van der Waals surface area contributed by atoms with Gasteiger partial charge in [0.25, 0.3) is 23.5 Å². The molecule has 10 aromatic rings. The minimum atomic E-state index is -0.233. The van der Waals surface area contributed by atoms with E-state index < -0.39 is 0 Å². The van der Waals surface area contributed by atoms with Crippen molar-refractivity contribution < 1.29 is 0 Å². The number of hydrogen-bond acceptors (Lipinski definition) is 20. The molecule has 0 fully saturated rings. The zero-order chi connectivity index (χ0) is 43.7. The number of aromatic amines is 3. The average Bonchev–Trinajstić information content (AvgIpc) is 4.16. The van der Waals surface area contributed by atoms with Gasteiger partial charge in [-0.15, -0.1) is 30.7 Å². The number of H-pyrrole nitrogens is 3. The van der Waals surface area contributed by atoms with Gasteiger partial charge in [0.1, 0.15) is 40.7 Å². The molecule has 0 amide bonds. The molecule has 0 saturated carbocycles. The molecule has 63 heavy (non-hydrogen) atoms. The summed E-state index contributed by atoms with van der Waals surface area (Å²) in [5, 5.41) is 94.6. The van der Waals surface area contributed by atoms with Crippen LogP contribution in [0, 0.1) is 70.8 Å². The molecule has 0 spiro atoms. The zero-order valence-corrected chi connectivity index (χ0v) is 33.3. The van der Waals surface area contributed by atoms with Gasteiger partial charge >= 0.3 is 0 Å². The molecular formula is C33H24N30. The maximum Gasteiger partial charge on any atom is 0.259 e. The van der Waals surface area contributed by atoms with Crippen molar-refractivity contribution in [2.24, 2.45) is 30.7 Å². The molecule has 30 nitrogen and oxygen atoms in total. The number of nitrogens with one attached hydrogen (secondary N) is 3. The lowest BCUT2D eigenvalue weighted by atomic mass is 10.4. The topological polar surface area (TPSA) is 356 Å². The Bertz CT molecular complexity index is 3300. The van der Waals surface area contributed by atoms with Crippen LogP contribution < -0.4 is 0 Å². The quantitative estimate of drug-likeness (QED) is 0.128. The number of aromatic nitrogens is 21. The first kappa shape index (κ1) is 37.2. The average molecular weight is 841 g/mol. The number of azo groups is 3. The molecule has 0 bridgehead atoms. The van der Waals surface area contributed by atoms with Crippen LogP contribution in [0.15, 0.2) is 49.3 Å². The first-order chi connectivity index (χ1) is 30.6. The molecular weight excluding hydrogens is 817 g/mol. The van der Waals surface area contributed by atoms with Crippen molar-refractivity contribution in [3.8, 4) is 30.0 Å². The highest BCUT2D eigenvalue weighted by molar-refractivity contribution is 5.69. The fourth-order valence-corrected chi connectivity index (χ4v) is 6.36. The summed E-state index contributed by atoms with van der Waals surface area (Å²) in [6, 6.07) is 4.13. The van der Waals surface area contributed by atoms with E-state index in [2.05, 4.69) is 124 Å². The highest BCUT2D eigenvalue weighted by atomic mass is 15.5. The van der Waals surface area contributed by atoms with Crippen LogP contribution in [-0.2, 0) is 0 Å². The summed E-state index contributed by atoms with van der Waals surface area (Å²) in [6.07, 6.45) is 3.76. The molecule has 30 heteroatoms. The van der Waals surface area contributed by atoms with Crippen LogP contribution in [0.25, 0.3) is 39.6 Å². The van der Waals surface area contributed by atoms with E-state index in [1.807, 2.05) is 0 Å². The predicted molar refractivity (Wildman–Crippen MR) is 210 cm³/mol. The molecule has 0 aliphatic carbocycles. The van der Waals surface area contributed by atoms with Gasteiger partial charge in [-0.05, 0) is 41.5 Å². The predicted octanol–water partition coefficient (Wildman–Crippen LogP) is 4.93. The Morgan fingerprint density at radius 2 is 0.873 bits per heavy atom. The molecule has 0 aromatic carbocycles. The number of aryl methyl sites for hydroxylation is 6. The Balaban J connectivity index is 1.16. The highest BCUT2D eigenvalue weighted by Crippen LogP contribution is 2.35. The van der Waals surface area contributed by atoms with Crippen molar-refractivity contribution in [1.29, 1.82) is 10.5 Å². The first-order valence-electron chi connectivity index (χ1n) is 18.2. The fraction of sp³-hybridized carbons (Fsp3) is 0.182. The molecule has 0 saturated heterocycles. The highest BCUT2D eigenvalue weighted by Gasteiger charge is 2.25. The Morgan fingerprint density at radius 3 is 1.24 bits per heavy atom. The molecule has 10 aromatic heterocycles. The van der Waals surface area contributed by atoms with Crippen molar-refractivity contribution in [2.45, 2.75) is 41.5 Å². The summed E-state index contributed by atoms with van der Waals surface area (Å²) in [7, 11) is 0. The minimum Gasteiger partial charge on any atom is -0.258 e. The van der Waals surface area contributed by atoms with Crippen LogP contribution in [-0.4, -0.2) is 104 Å². The van der Waals surface area contributed by atoms with Gasteiger partial charge in [0, 0.05) is 0 Å². The zero-order valence-electron chi connectivity index (χ0n) is 33.3. The van der Waals surface area contributed by atoms with Crippen LogP contribution in [0.5, 0.6) is 0 Å². The lowest BCUT2D eigenvalue weighted by molar-refractivity contribution is 0.706. The number of fused-ring (bicyclic) bond motifs is 3. The van der Waals surface area contributed by atoms with Crippen LogP contribution >= 0.6 is 0 Å². The van der Waals surface area contributed by atoms with E-state index in [1.165, 1.54) is 18.6 Å². The molecule has 0 aliphatic heterocycles. The number of nitrogens with zero attached hydrogens (tertiary/aromatic N) is 27. The van der Waals surface area contributed by atoms with Gasteiger partial charge in [-0.1, -0.05) is 0 Å². The first-order valence-corrected chi connectivity index (χ1v) is 18.2. The van der Waals surface area contributed by atoms with Crippen LogP contribution in [0.3, 0.4) is 0 Å². The van der Waals surface area contributed by atoms with Crippen molar-refractivity contribution in [3.63, 3.8) is 0 Å². The molecule has 10 rings (SSSR count). The van der Waals surface area contributed by atoms with Gasteiger partial charge in [0.2, 0.25) is 0 Å². The Hall–Kier alpha value is -10.1. The van der Waals surface area contributed by atoms with Crippen molar-refractivity contribution in [1.82, 2.24) is 104 Å². The Kier molecular flexibility index (Phi) is 8.31. The normalized spacial score (nSPS) is 12.0. The van der Waals surface area contributed by atoms with E-state index in [-0.39, 0.29) is 52.1 Å². The third-order valence-electron chi connectivity index (χ3n) is 9.45. The summed E-state index contributed by atoms with van der Waals surface area (Å²) in [6.45, 7) is 18.5. The molecule has 0 atom stereocenters. The molecule has 0 unspecified atom stereocenters. The monoisotopic (exact) mass is 840 g/mol. The SMILES string of the molecule is [C-]#[N+]c1cnn(-c2nc(-n3ncc(C#N)c3/N=N/c3c(C)nn4c(C)n[nH]c34)nc(-n3ncc(C#N)c3/N=N/c3c(C)nn4c(C)n[nH]c34)n2)c1/N=N/c1c(C)nn2c(C)n[nH]c12. The number of hydrogen-bond donors (Lipinski definition) is 3. The van der Waals surface area contributed by atoms with Crippen LogP contribution in [0.1, 0.15) is 45.7 Å². The Morgan fingerprint density at radius 1 is 0.524 bits per heavy atom. The summed E-state index contributed by atoms with van der Waals surface area (Å²) < 4.78 is 8.14. The van der Waals surface area contributed by atoms with Gasteiger partial charge in [0.05, 0.1) is 42.2 Å². The fourth-order valence-electron chi connectivity index (χ4n) is 6.36. The lowest BCUT2D eigenvalue weighted by Gasteiger charge is -2.09. The third-order valence-corrected chi connectivity index (χ3v) is 9.45. The summed E-state index contributed by atoms with van der Waals surface area (Å²) >= 11 is 0. The Labute approximate surface area is 348 Å². The van der Waals surface area contributed by atoms with Crippen molar-refractivity contribution in [3.05, 3.63) is 75.7 Å². The van der Waals surface area contributed by atoms with Gasteiger partial charge in [-0.3, -0.25) is 15.3 Å². The van der Waals surface area contributed by atoms with E-state index in [9.17, 15) is 10.5 Å². The summed E-state index contributed by atoms with van der Waals surface area (Å²) in [5.41, 5.74) is 4.05. The largest absolute Gasteiger partial charge is 0.259 e. The molecule has 0 aliphatic rings. The lowest BCUT2D eigenvalue weighted by Crippen LogP contribution is -2.14. The number of rotatable bonds is 9. The van der Waals surface area contributed by atoms with Gasteiger partial charge in [0.15, 0.2) is 51.5 Å². The van der Waals surface area contributed by atoms with Gasteiger partial charge in [-0.2, -0.15) is 99.0 Å². The number of nitriles is 2. The van der Waals surface area contributed by atoms with E-state index in [4.69, 9.17) is 6.57 Å². The summed E-state index contributed by atoms with van der Waals surface area (Å²) in [4.78, 5) is 17.6. The summed E-state index contributed by atoms with van der Waals surface area (Å²) in [5.74, 6) is 0.839. The van der Waals surface area contributed by atoms with Crippen molar-refractivity contribution in [2.75, 3.05) is 0 Å². The maximum atomic E-state index is 10.2. The molecule has 3 N–H and O–H groups in total. The van der Waals surface area contributed by atoms with E-state index in [0.717, 1.165) is 14.0 Å². The maximum absolute atomic E-state index is 10.2. The minimum absolute atomic E-state index is 0.00199. The second-order valence-electron chi connectivity index (χ2n) is 13.4. The van der Waals surface area contributed by atoms with E-state index in [0.29, 0.717) is 68.6 Å². The molecule has 10 heterocycles. The van der Waals surface area contributed by atoms with Crippen molar-refractivity contribution >= 4 is 57.1 Å². The third kappa shape index (κ3) is 5.84. The smallest absolute Gasteiger partial charge is 0.258 e. The molecule has 0 radical (unpaired) electrons. The van der Waals surface area contributed by atoms with Gasteiger partial charge < -0.3 is 0 Å². The van der Waals surface area contributed by atoms with E-state index in [1.54, 1.807) is 55.1 Å². The standard InChI is InChI=1S/C33H24N30/c1-13-22(28-52-43-16(4)58(28)55-13)46-49-25-19(8-34)10-37-61(25)31-40-32(62-26(20(9-35)11-38-62)50-47-23-14(2)56-59-17(5)44-53-29(23)59)42-33(41-31)63-27(21(36-7)12-39-63)51-48-24-15(3)57-60-18(6)45-54-30(24)60/h10-12,52-54H,1-6H3/b49-46+,50-47+,51-48+. The van der Waals surface area contributed by atoms with Crippen LogP contribution in [0.2, 0.25) is 0 Å². The molecule has 306 valence electrons. The van der Waals surface area contributed by atoms with Crippen LogP contribution in [0.4, 0.5) is 40.2 Å².